The number of hydrogen-bond donors (Lipinski definition) is 0. The van der Waals surface area contributed by atoms with Crippen LogP contribution in [0.25, 0.3) is 0 Å². The van der Waals surface area contributed by atoms with Gasteiger partial charge in [-0.1, -0.05) is 36.4 Å². The van der Waals surface area contributed by atoms with Crippen molar-refractivity contribution < 1.29 is 15.9 Å². The zero-order chi connectivity index (χ0) is 25.7. The Morgan fingerprint density at radius 2 is 0.595 bits per heavy atom. The van der Waals surface area contributed by atoms with E-state index in [-0.39, 0.29) is 15.9 Å². The SMILES string of the molecule is [Cl][Pd][Cl].c1ccc([PH+](n2cccc2)n2cccc2)cc1.c1ccc([PH+](n2cccc2)n2cccc2)cc1. The van der Waals surface area contributed by atoms with Crippen LogP contribution in [0.15, 0.2) is 159 Å². The molecule has 0 bridgehead atoms. The van der Waals surface area contributed by atoms with Crippen molar-refractivity contribution in [2.24, 2.45) is 0 Å². The number of aromatic nitrogens is 4. The Bertz CT molecular complexity index is 1180. The van der Waals surface area contributed by atoms with Gasteiger partial charge in [-0.3, -0.25) is 0 Å². The summed E-state index contributed by atoms with van der Waals surface area (Å²) in [5, 5.41) is 2.76. The van der Waals surface area contributed by atoms with E-state index in [2.05, 4.69) is 176 Å². The van der Waals surface area contributed by atoms with Gasteiger partial charge in [0.15, 0.2) is 0 Å². The maximum Gasteiger partial charge on any atom is 0.224 e. The zero-order valence-corrected chi connectivity index (χ0v) is 24.9. The van der Waals surface area contributed by atoms with Crippen LogP contribution in [0.4, 0.5) is 0 Å². The second-order valence-corrected chi connectivity index (χ2v) is 14.7. The standard InChI is InChI=1S/2C14H13N2P.2ClH.Pd/c2*1-2-8-14(9-3-1)17(15-10-4-5-11-15)16-12-6-7-13-16;;;/h2*1-13H;2*1H;/q;;;;+2. The third-order valence-electron chi connectivity index (χ3n) is 5.46. The van der Waals surface area contributed by atoms with Crippen molar-refractivity contribution in [2.75, 3.05) is 0 Å². The van der Waals surface area contributed by atoms with Crippen molar-refractivity contribution in [3.05, 3.63) is 159 Å². The van der Waals surface area contributed by atoms with Crippen LogP contribution in [0.3, 0.4) is 0 Å². The van der Waals surface area contributed by atoms with Gasteiger partial charge < -0.3 is 0 Å². The third kappa shape index (κ3) is 7.83. The van der Waals surface area contributed by atoms with Crippen LogP contribution in [-0.2, 0) is 15.9 Å². The van der Waals surface area contributed by atoms with Gasteiger partial charge in [0.1, 0.15) is 10.6 Å². The van der Waals surface area contributed by atoms with Crippen molar-refractivity contribution >= 4 is 46.1 Å². The first-order valence-electron chi connectivity index (χ1n) is 11.5. The Balaban J connectivity index is 0.000000157. The molecule has 0 saturated carbocycles. The largest absolute Gasteiger partial charge is 0.224 e. The first-order valence-corrected chi connectivity index (χ1v) is 18.3. The molecule has 0 unspecified atom stereocenters. The molecular formula is C28H28Cl2N4P2Pd+2. The van der Waals surface area contributed by atoms with Gasteiger partial charge in [-0.25, -0.2) is 17.4 Å². The van der Waals surface area contributed by atoms with E-state index in [0.717, 1.165) is 0 Å². The Labute approximate surface area is 236 Å². The molecule has 9 heteroatoms. The predicted molar refractivity (Wildman–Crippen MR) is 160 cm³/mol. The molecule has 4 aromatic heterocycles. The molecule has 0 amide bonds. The maximum absolute atomic E-state index is 4.81. The van der Waals surface area contributed by atoms with Crippen LogP contribution in [0.2, 0.25) is 0 Å². The molecule has 0 radical (unpaired) electrons. The number of hydrogen-bond acceptors (Lipinski definition) is 0. The minimum absolute atomic E-state index is 0.106. The summed E-state index contributed by atoms with van der Waals surface area (Å²) in [6.07, 6.45) is 17.1. The van der Waals surface area contributed by atoms with Crippen molar-refractivity contribution in [1.82, 2.24) is 17.4 Å². The van der Waals surface area contributed by atoms with Gasteiger partial charge in [0, 0.05) is 49.6 Å². The van der Waals surface area contributed by atoms with E-state index in [1.807, 2.05) is 0 Å². The normalized spacial score (nSPS) is 10.6. The summed E-state index contributed by atoms with van der Waals surface area (Å²) in [5.41, 5.74) is 0. The van der Waals surface area contributed by atoms with Gasteiger partial charge in [0.05, 0.1) is 0 Å². The fourth-order valence-electron chi connectivity index (χ4n) is 3.94. The molecule has 6 rings (SSSR count). The smallest absolute Gasteiger partial charge is 0.208 e. The zero-order valence-electron chi connectivity index (χ0n) is 19.9. The fraction of sp³-hybridized carbons (Fsp3) is 0. The quantitative estimate of drug-likeness (QED) is 0.131. The molecule has 4 heterocycles. The summed E-state index contributed by atoms with van der Waals surface area (Å²) in [6.45, 7) is 0. The second-order valence-electron chi connectivity index (χ2n) is 7.79. The van der Waals surface area contributed by atoms with E-state index in [0.29, 0.717) is 0 Å². The molecule has 192 valence electrons. The van der Waals surface area contributed by atoms with Crippen LogP contribution >= 0.6 is 35.5 Å². The van der Waals surface area contributed by atoms with Gasteiger partial charge >= 0.3 is 35.0 Å². The predicted octanol–water partition coefficient (Wildman–Crippen LogP) is 7.49. The summed E-state index contributed by atoms with van der Waals surface area (Å²) in [4.78, 5) is 0. The average molecular weight is 660 g/mol. The van der Waals surface area contributed by atoms with Crippen molar-refractivity contribution in [3.63, 3.8) is 0 Å². The van der Waals surface area contributed by atoms with Crippen LogP contribution in [0, 0.1) is 0 Å². The molecule has 0 atom stereocenters. The summed E-state index contributed by atoms with van der Waals surface area (Å²) in [5.74, 6) is 0. The molecule has 0 aliphatic heterocycles. The minimum atomic E-state index is -0.958. The Morgan fingerprint density at radius 1 is 0.378 bits per heavy atom. The van der Waals surface area contributed by atoms with E-state index in [1.54, 1.807) is 0 Å². The van der Waals surface area contributed by atoms with Crippen LogP contribution < -0.4 is 10.6 Å². The molecule has 4 nitrogen and oxygen atoms in total. The van der Waals surface area contributed by atoms with Gasteiger partial charge in [-0.05, 0) is 72.8 Å². The Morgan fingerprint density at radius 3 is 0.811 bits per heavy atom. The van der Waals surface area contributed by atoms with E-state index < -0.39 is 16.4 Å². The number of rotatable bonds is 6. The van der Waals surface area contributed by atoms with Crippen molar-refractivity contribution in [3.8, 4) is 0 Å². The van der Waals surface area contributed by atoms with Gasteiger partial charge in [0.25, 0.3) is 0 Å². The maximum atomic E-state index is 4.81. The second kappa shape index (κ2) is 15.2. The van der Waals surface area contributed by atoms with Gasteiger partial charge in [-0.2, -0.15) is 0 Å². The van der Waals surface area contributed by atoms with Crippen LogP contribution in [0.5, 0.6) is 0 Å². The molecule has 37 heavy (non-hydrogen) atoms. The van der Waals surface area contributed by atoms with Crippen molar-refractivity contribution in [1.29, 1.82) is 0 Å². The topological polar surface area (TPSA) is 19.7 Å². The first-order chi connectivity index (χ1) is 18.3. The molecule has 0 aliphatic rings. The average Bonchev–Trinajstić information content (AvgIpc) is 3.77. The van der Waals surface area contributed by atoms with Gasteiger partial charge in [0.2, 0.25) is 16.4 Å². The monoisotopic (exact) mass is 658 g/mol. The van der Waals surface area contributed by atoms with E-state index in [9.17, 15) is 0 Å². The van der Waals surface area contributed by atoms with Crippen LogP contribution in [-0.4, -0.2) is 17.4 Å². The summed E-state index contributed by atoms with van der Waals surface area (Å²) in [6, 6.07) is 38.0. The number of benzene rings is 2. The van der Waals surface area contributed by atoms with E-state index in [4.69, 9.17) is 19.1 Å². The Kier molecular flexibility index (Phi) is 11.3. The summed E-state index contributed by atoms with van der Waals surface area (Å²) >= 11 is -0.106. The van der Waals surface area contributed by atoms with E-state index in [1.165, 1.54) is 10.6 Å². The third-order valence-corrected chi connectivity index (χ3v) is 10.3. The minimum Gasteiger partial charge on any atom is -0.208 e. The molecular weight excluding hydrogens is 632 g/mol. The first kappa shape index (κ1) is 27.7. The number of nitrogens with zero attached hydrogens (tertiary/aromatic N) is 4. The molecule has 0 N–H and O–H groups in total. The molecule has 0 spiro atoms. The molecule has 0 aliphatic carbocycles. The van der Waals surface area contributed by atoms with Gasteiger partial charge in [-0.15, -0.1) is 0 Å². The summed E-state index contributed by atoms with van der Waals surface area (Å²) in [7, 11) is 7.71. The Hall–Kier alpha value is -2.34. The molecule has 0 saturated heterocycles. The number of halogens is 2. The molecule has 0 fully saturated rings. The summed E-state index contributed by atoms with van der Waals surface area (Å²) < 4.78 is 9.22. The molecule has 6 aromatic rings. The van der Waals surface area contributed by atoms with E-state index >= 15 is 0 Å². The van der Waals surface area contributed by atoms with Crippen LogP contribution in [0.1, 0.15) is 0 Å². The van der Waals surface area contributed by atoms with Crippen molar-refractivity contribution in [2.45, 2.75) is 0 Å². The fourth-order valence-corrected chi connectivity index (χ4v) is 8.47. The molecule has 2 aromatic carbocycles.